The number of thioether (sulfide) groups is 1. The molecule has 0 aliphatic carbocycles. The van der Waals surface area contributed by atoms with Crippen LogP contribution in [0.2, 0.25) is 10.0 Å². The van der Waals surface area contributed by atoms with Crippen LogP contribution in [0, 0.1) is 5.82 Å². The average molecular weight is 548 g/mol. The molecule has 1 N–H and O–H groups in total. The lowest BCUT2D eigenvalue weighted by Crippen LogP contribution is -2.52. The zero-order valence-electron chi connectivity index (χ0n) is 20.2. The molecule has 190 valence electrons. The van der Waals surface area contributed by atoms with Gasteiger partial charge >= 0.3 is 0 Å². The second kappa shape index (κ2) is 13.7. The number of carbonyl (C=O) groups is 2. The van der Waals surface area contributed by atoms with Crippen LogP contribution in [-0.2, 0) is 28.3 Å². The molecule has 0 saturated carbocycles. The van der Waals surface area contributed by atoms with Gasteiger partial charge in [-0.1, -0.05) is 77.8 Å². The molecular weight excluding hydrogens is 518 g/mol. The summed E-state index contributed by atoms with van der Waals surface area (Å²) in [5.74, 6) is -0.316. The first-order chi connectivity index (χ1) is 17.2. The van der Waals surface area contributed by atoms with Crippen molar-refractivity contribution in [3.05, 3.63) is 105 Å². The number of amides is 2. The third kappa shape index (κ3) is 8.26. The molecule has 8 heteroatoms. The van der Waals surface area contributed by atoms with Gasteiger partial charge in [0.05, 0.1) is 15.8 Å². The molecule has 2 amide bonds. The number of hydrogen-bond acceptors (Lipinski definition) is 3. The molecule has 1 atom stereocenters. The molecule has 3 aromatic rings. The number of nitrogens with zero attached hydrogens (tertiary/aromatic N) is 1. The molecule has 0 aliphatic heterocycles. The van der Waals surface area contributed by atoms with E-state index >= 15 is 0 Å². The first kappa shape index (κ1) is 28.0. The van der Waals surface area contributed by atoms with Crippen molar-refractivity contribution in [2.24, 2.45) is 0 Å². The van der Waals surface area contributed by atoms with Gasteiger partial charge in [0.15, 0.2) is 0 Å². The normalized spacial score (nSPS) is 11.8. The van der Waals surface area contributed by atoms with Gasteiger partial charge in [0.2, 0.25) is 11.8 Å². The van der Waals surface area contributed by atoms with Gasteiger partial charge < -0.3 is 10.2 Å². The highest BCUT2D eigenvalue weighted by molar-refractivity contribution is 7.99. The van der Waals surface area contributed by atoms with Crippen LogP contribution in [0.25, 0.3) is 0 Å². The number of nitrogens with one attached hydrogen (secondary N) is 1. The van der Waals surface area contributed by atoms with E-state index in [1.807, 2.05) is 44.2 Å². The highest BCUT2D eigenvalue weighted by Gasteiger charge is 2.30. The summed E-state index contributed by atoms with van der Waals surface area (Å²) in [6.45, 7) is 3.94. The smallest absolute Gasteiger partial charge is 0.243 e. The number of benzene rings is 3. The summed E-state index contributed by atoms with van der Waals surface area (Å²) in [7, 11) is 0. The molecule has 0 heterocycles. The molecule has 0 aromatic heterocycles. The van der Waals surface area contributed by atoms with Crippen LogP contribution < -0.4 is 5.32 Å². The van der Waals surface area contributed by atoms with Crippen LogP contribution >= 0.6 is 35.0 Å². The summed E-state index contributed by atoms with van der Waals surface area (Å²) in [5.41, 5.74) is 2.23. The fraction of sp³-hybridized carbons (Fsp3) is 0.286. The van der Waals surface area contributed by atoms with E-state index in [0.29, 0.717) is 27.8 Å². The van der Waals surface area contributed by atoms with Gasteiger partial charge in [-0.05, 0) is 48.7 Å². The summed E-state index contributed by atoms with van der Waals surface area (Å²) >= 11 is 13.6. The number of hydrogen-bond donors (Lipinski definition) is 1. The molecule has 0 aliphatic rings. The van der Waals surface area contributed by atoms with Gasteiger partial charge in [0.1, 0.15) is 11.9 Å². The summed E-state index contributed by atoms with van der Waals surface area (Å²) in [5, 5.41) is 3.75. The lowest BCUT2D eigenvalue weighted by Gasteiger charge is -2.32. The van der Waals surface area contributed by atoms with Gasteiger partial charge in [-0.2, -0.15) is 0 Å². The van der Waals surface area contributed by atoms with E-state index < -0.39 is 6.04 Å². The van der Waals surface area contributed by atoms with Gasteiger partial charge in [-0.3, -0.25) is 9.59 Å². The third-order valence-electron chi connectivity index (χ3n) is 5.48. The van der Waals surface area contributed by atoms with Gasteiger partial charge in [0.25, 0.3) is 0 Å². The Morgan fingerprint density at radius 3 is 2.31 bits per heavy atom. The number of rotatable bonds is 11. The third-order valence-corrected chi connectivity index (χ3v) is 7.19. The Morgan fingerprint density at radius 2 is 1.64 bits per heavy atom. The van der Waals surface area contributed by atoms with E-state index in [9.17, 15) is 14.0 Å². The Balaban J connectivity index is 1.88. The number of carbonyl (C=O) groups excluding carboxylic acids is 2. The first-order valence-corrected chi connectivity index (χ1v) is 13.5. The standard InChI is InChI=1S/C28H29Cl2FN2O2S/c1-19(2)32-28(35)26(15-20-8-4-3-5-9-20)33(16-21-12-13-23(29)24(30)14-21)27(34)18-36-17-22-10-6-7-11-25(22)31/h3-14,19,26H,15-18H2,1-2H3,(H,32,35)/t26-/m0/s1. The Bertz CT molecular complexity index is 1180. The van der Waals surface area contributed by atoms with E-state index in [2.05, 4.69) is 5.32 Å². The molecular formula is C28H29Cl2FN2O2S. The molecule has 0 radical (unpaired) electrons. The maximum atomic E-state index is 14.0. The zero-order valence-corrected chi connectivity index (χ0v) is 22.5. The molecule has 0 unspecified atom stereocenters. The van der Waals surface area contributed by atoms with Crippen LogP contribution in [-0.4, -0.2) is 34.6 Å². The predicted octanol–water partition coefficient (Wildman–Crippen LogP) is 6.53. The quantitative estimate of drug-likeness (QED) is 0.297. The van der Waals surface area contributed by atoms with Crippen molar-refractivity contribution in [3.63, 3.8) is 0 Å². The fourth-order valence-corrected chi connectivity index (χ4v) is 4.93. The van der Waals surface area contributed by atoms with Crippen molar-refractivity contribution in [1.82, 2.24) is 10.2 Å². The summed E-state index contributed by atoms with van der Waals surface area (Å²) < 4.78 is 14.0. The maximum absolute atomic E-state index is 14.0. The minimum absolute atomic E-state index is 0.0897. The molecule has 36 heavy (non-hydrogen) atoms. The van der Waals surface area contributed by atoms with Crippen molar-refractivity contribution in [2.45, 2.75) is 44.6 Å². The van der Waals surface area contributed by atoms with E-state index in [1.165, 1.54) is 17.8 Å². The van der Waals surface area contributed by atoms with Crippen molar-refractivity contribution >= 4 is 46.8 Å². The van der Waals surface area contributed by atoms with Crippen LogP contribution in [0.5, 0.6) is 0 Å². The predicted molar refractivity (Wildman–Crippen MR) is 147 cm³/mol. The fourth-order valence-electron chi connectivity index (χ4n) is 3.72. The topological polar surface area (TPSA) is 49.4 Å². The molecule has 3 rings (SSSR count). The monoisotopic (exact) mass is 546 g/mol. The van der Waals surface area contributed by atoms with Crippen molar-refractivity contribution in [1.29, 1.82) is 0 Å². The lowest BCUT2D eigenvalue weighted by molar-refractivity contribution is -0.139. The molecule has 0 saturated heterocycles. The van der Waals surface area contributed by atoms with Crippen molar-refractivity contribution in [2.75, 3.05) is 5.75 Å². The van der Waals surface area contributed by atoms with Gasteiger partial charge in [-0.15, -0.1) is 11.8 Å². The Hall–Kier alpha value is -2.54. The van der Waals surface area contributed by atoms with Crippen LogP contribution in [0.1, 0.15) is 30.5 Å². The summed E-state index contributed by atoms with van der Waals surface area (Å²) in [6.07, 6.45) is 0.352. The van der Waals surface area contributed by atoms with Crippen LogP contribution in [0.3, 0.4) is 0 Å². The maximum Gasteiger partial charge on any atom is 0.243 e. The Kier molecular flexibility index (Phi) is 10.7. The van der Waals surface area contributed by atoms with E-state index in [-0.39, 0.29) is 36.0 Å². The molecule has 0 spiro atoms. The second-order valence-electron chi connectivity index (χ2n) is 8.72. The van der Waals surface area contributed by atoms with E-state index in [4.69, 9.17) is 23.2 Å². The molecule has 4 nitrogen and oxygen atoms in total. The van der Waals surface area contributed by atoms with Crippen molar-refractivity contribution in [3.8, 4) is 0 Å². The van der Waals surface area contributed by atoms with E-state index in [1.54, 1.807) is 41.3 Å². The first-order valence-electron chi connectivity index (χ1n) is 11.6. The summed E-state index contributed by atoms with van der Waals surface area (Å²) in [6, 6.07) is 20.4. The molecule has 3 aromatic carbocycles. The summed E-state index contributed by atoms with van der Waals surface area (Å²) in [4.78, 5) is 28.5. The average Bonchev–Trinajstić information content (AvgIpc) is 2.84. The highest BCUT2D eigenvalue weighted by Crippen LogP contribution is 2.25. The largest absolute Gasteiger partial charge is 0.352 e. The van der Waals surface area contributed by atoms with Crippen molar-refractivity contribution < 1.29 is 14.0 Å². The lowest BCUT2D eigenvalue weighted by atomic mass is 10.0. The Morgan fingerprint density at radius 1 is 0.944 bits per heavy atom. The number of halogens is 3. The minimum Gasteiger partial charge on any atom is -0.352 e. The van der Waals surface area contributed by atoms with Gasteiger partial charge in [-0.25, -0.2) is 4.39 Å². The molecule has 0 bridgehead atoms. The SMILES string of the molecule is CC(C)NC(=O)[C@H](Cc1ccccc1)N(Cc1ccc(Cl)c(Cl)c1)C(=O)CSCc1ccccc1F. The van der Waals surface area contributed by atoms with Gasteiger partial charge in [0, 0.05) is 24.8 Å². The zero-order chi connectivity index (χ0) is 26.1. The minimum atomic E-state index is -0.745. The van der Waals surface area contributed by atoms with E-state index in [0.717, 1.165) is 11.1 Å². The molecule has 0 fully saturated rings. The van der Waals surface area contributed by atoms with Crippen LogP contribution in [0.4, 0.5) is 4.39 Å². The highest BCUT2D eigenvalue weighted by atomic mass is 35.5. The Labute approximate surface area is 226 Å². The van der Waals surface area contributed by atoms with Crippen LogP contribution in [0.15, 0.2) is 72.8 Å². The second-order valence-corrected chi connectivity index (χ2v) is 10.5.